The van der Waals surface area contributed by atoms with Crippen molar-refractivity contribution < 1.29 is 4.79 Å². The molecule has 1 nitrogen and oxygen atoms in total. The summed E-state index contributed by atoms with van der Waals surface area (Å²) in [5, 5.41) is 0. The van der Waals surface area contributed by atoms with Crippen LogP contribution in [0, 0.1) is 5.92 Å². The minimum absolute atomic E-state index is 0.264. The molecule has 54 valence electrons. The topological polar surface area (TPSA) is 17.1 Å². The van der Waals surface area contributed by atoms with E-state index in [4.69, 9.17) is 0 Å². The van der Waals surface area contributed by atoms with Gasteiger partial charge >= 0.3 is 0 Å². The highest BCUT2D eigenvalue weighted by Crippen LogP contribution is 2.18. The van der Waals surface area contributed by atoms with Gasteiger partial charge in [0.15, 0.2) is 5.78 Å². The van der Waals surface area contributed by atoms with Crippen LogP contribution in [0.4, 0.5) is 0 Å². The van der Waals surface area contributed by atoms with Crippen molar-refractivity contribution in [3.05, 3.63) is 24.8 Å². The predicted octanol–water partition coefficient (Wildman–Crippen LogP) is 2.10. The Morgan fingerprint density at radius 2 is 2.60 bits per heavy atom. The third-order valence-corrected chi connectivity index (χ3v) is 1.79. The predicted molar refractivity (Wildman–Crippen MR) is 41.7 cm³/mol. The Bertz CT molecular complexity index is 168. The fourth-order valence-electron chi connectivity index (χ4n) is 1.16. The van der Waals surface area contributed by atoms with Crippen LogP contribution >= 0.6 is 0 Å². The summed E-state index contributed by atoms with van der Waals surface area (Å²) < 4.78 is 0. The Labute approximate surface area is 61.4 Å². The molecule has 0 radical (unpaired) electrons. The zero-order chi connectivity index (χ0) is 7.40. The van der Waals surface area contributed by atoms with Crippen molar-refractivity contribution in [2.75, 3.05) is 0 Å². The summed E-state index contributed by atoms with van der Waals surface area (Å²) in [7, 11) is 0. The molecule has 10 heavy (non-hydrogen) atoms. The van der Waals surface area contributed by atoms with Crippen molar-refractivity contribution in [3.63, 3.8) is 0 Å². The van der Waals surface area contributed by atoms with Gasteiger partial charge in [-0.15, -0.1) is 6.58 Å². The summed E-state index contributed by atoms with van der Waals surface area (Å²) in [5.41, 5.74) is 0. The van der Waals surface area contributed by atoms with E-state index in [0.717, 1.165) is 19.3 Å². The van der Waals surface area contributed by atoms with E-state index in [2.05, 4.69) is 6.58 Å². The lowest BCUT2D eigenvalue weighted by atomic mass is 9.93. The molecule has 0 saturated carbocycles. The largest absolute Gasteiger partial charge is 0.295 e. The second kappa shape index (κ2) is 3.35. The van der Waals surface area contributed by atoms with Crippen LogP contribution in [-0.2, 0) is 4.79 Å². The van der Waals surface area contributed by atoms with E-state index in [1.165, 1.54) is 0 Å². The first-order valence-corrected chi connectivity index (χ1v) is 3.65. The molecule has 0 fully saturated rings. The Hall–Kier alpha value is -0.850. The summed E-state index contributed by atoms with van der Waals surface area (Å²) in [5.74, 6) is 0.829. The molecule has 1 heteroatoms. The number of hydrogen-bond acceptors (Lipinski definition) is 1. The molecular formula is C9H12O. The van der Waals surface area contributed by atoms with Crippen molar-refractivity contribution in [2.45, 2.75) is 19.3 Å². The van der Waals surface area contributed by atoms with Crippen LogP contribution in [-0.4, -0.2) is 5.78 Å². The van der Waals surface area contributed by atoms with E-state index in [-0.39, 0.29) is 5.78 Å². The lowest BCUT2D eigenvalue weighted by molar-refractivity contribution is -0.115. The minimum Gasteiger partial charge on any atom is -0.295 e. The van der Waals surface area contributed by atoms with Gasteiger partial charge < -0.3 is 0 Å². The van der Waals surface area contributed by atoms with Gasteiger partial charge in [-0.1, -0.05) is 12.2 Å². The first-order valence-electron chi connectivity index (χ1n) is 3.65. The number of rotatable bonds is 2. The zero-order valence-electron chi connectivity index (χ0n) is 6.05. The van der Waals surface area contributed by atoms with Gasteiger partial charge in [-0.2, -0.15) is 0 Å². The molecule has 0 amide bonds. The van der Waals surface area contributed by atoms with Crippen LogP contribution in [0.25, 0.3) is 0 Å². The van der Waals surface area contributed by atoms with Crippen LogP contribution in [0.1, 0.15) is 19.3 Å². The lowest BCUT2D eigenvalue weighted by Crippen LogP contribution is -2.06. The fraction of sp³-hybridized carbons (Fsp3) is 0.444. The van der Waals surface area contributed by atoms with Gasteiger partial charge in [-0.05, 0) is 24.8 Å². The second-order valence-electron chi connectivity index (χ2n) is 2.65. The Morgan fingerprint density at radius 1 is 1.80 bits per heavy atom. The summed E-state index contributed by atoms with van der Waals surface area (Å²) in [6.07, 6.45) is 8.32. The summed E-state index contributed by atoms with van der Waals surface area (Å²) >= 11 is 0. The van der Waals surface area contributed by atoms with Crippen molar-refractivity contribution >= 4 is 5.78 Å². The summed E-state index contributed by atoms with van der Waals surface area (Å²) in [4.78, 5) is 10.7. The molecule has 0 aromatic carbocycles. The van der Waals surface area contributed by atoms with Crippen LogP contribution in [0.3, 0.4) is 0 Å². The van der Waals surface area contributed by atoms with Gasteiger partial charge in [0.25, 0.3) is 0 Å². The SMILES string of the molecule is C=CCC1C=CC(=O)CC1. The van der Waals surface area contributed by atoms with Gasteiger partial charge in [-0.3, -0.25) is 4.79 Å². The maximum Gasteiger partial charge on any atom is 0.155 e. The van der Waals surface area contributed by atoms with Crippen molar-refractivity contribution in [1.82, 2.24) is 0 Å². The van der Waals surface area contributed by atoms with E-state index in [0.29, 0.717) is 5.92 Å². The average molecular weight is 136 g/mol. The molecule has 0 aliphatic heterocycles. The Kier molecular flexibility index (Phi) is 2.43. The van der Waals surface area contributed by atoms with Gasteiger partial charge in [-0.25, -0.2) is 0 Å². The first kappa shape index (κ1) is 7.26. The Balaban J connectivity index is 2.44. The third-order valence-electron chi connectivity index (χ3n) is 1.79. The number of allylic oxidation sites excluding steroid dienone is 3. The molecule has 0 bridgehead atoms. The smallest absolute Gasteiger partial charge is 0.155 e. The molecule has 1 aliphatic carbocycles. The maximum absolute atomic E-state index is 10.7. The maximum atomic E-state index is 10.7. The lowest BCUT2D eigenvalue weighted by Gasteiger charge is -2.12. The van der Waals surface area contributed by atoms with Crippen LogP contribution in [0.2, 0.25) is 0 Å². The Morgan fingerprint density at radius 3 is 3.10 bits per heavy atom. The fourth-order valence-corrected chi connectivity index (χ4v) is 1.16. The van der Waals surface area contributed by atoms with Crippen LogP contribution in [0.15, 0.2) is 24.8 Å². The molecule has 0 heterocycles. The molecule has 1 rings (SSSR count). The summed E-state index contributed by atoms with van der Waals surface area (Å²) in [6.45, 7) is 3.65. The number of ketones is 1. The molecule has 0 aromatic heterocycles. The van der Waals surface area contributed by atoms with Gasteiger partial charge in [0, 0.05) is 6.42 Å². The number of carbonyl (C=O) groups excluding carboxylic acids is 1. The molecule has 0 saturated heterocycles. The van der Waals surface area contributed by atoms with Crippen molar-refractivity contribution in [1.29, 1.82) is 0 Å². The van der Waals surface area contributed by atoms with Gasteiger partial charge in [0.05, 0.1) is 0 Å². The first-order chi connectivity index (χ1) is 4.83. The van der Waals surface area contributed by atoms with E-state index < -0.39 is 0 Å². The minimum atomic E-state index is 0.264. The molecule has 1 aliphatic rings. The highest BCUT2D eigenvalue weighted by atomic mass is 16.1. The highest BCUT2D eigenvalue weighted by molar-refractivity contribution is 5.90. The molecule has 0 aromatic rings. The molecule has 1 atom stereocenters. The standard InChI is InChI=1S/C9H12O/c1-2-3-8-4-6-9(10)7-5-8/h2,4,6,8H,1,3,5,7H2. The van der Waals surface area contributed by atoms with Crippen LogP contribution < -0.4 is 0 Å². The van der Waals surface area contributed by atoms with Crippen LogP contribution in [0.5, 0.6) is 0 Å². The number of carbonyl (C=O) groups is 1. The van der Waals surface area contributed by atoms with Crippen molar-refractivity contribution in [3.8, 4) is 0 Å². The monoisotopic (exact) mass is 136 g/mol. The zero-order valence-corrected chi connectivity index (χ0v) is 6.05. The molecule has 0 spiro atoms. The summed E-state index contributed by atoms with van der Waals surface area (Å²) in [6, 6.07) is 0. The molecule has 1 unspecified atom stereocenters. The average Bonchev–Trinajstić information content (AvgIpc) is 1.95. The highest BCUT2D eigenvalue weighted by Gasteiger charge is 2.10. The van der Waals surface area contributed by atoms with E-state index in [9.17, 15) is 4.79 Å². The molecule has 0 N–H and O–H groups in total. The number of hydrogen-bond donors (Lipinski definition) is 0. The van der Waals surface area contributed by atoms with Gasteiger partial charge in [0.2, 0.25) is 0 Å². The molecular weight excluding hydrogens is 124 g/mol. The van der Waals surface area contributed by atoms with Gasteiger partial charge in [0.1, 0.15) is 0 Å². The normalized spacial score (nSPS) is 24.8. The quantitative estimate of drug-likeness (QED) is 0.531. The third kappa shape index (κ3) is 1.83. The van der Waals surface area contributed by atoms with E-state index in [1.807, 2.05) is 12.2 Å². The van der Waals surface area contributed by atoms with E-state index in [1.54, 1.807) is 6.08 Å². The second-order valence-corrected chi connectivity index (χ2v) is 2.65. The van der Waals surface area contributed by atoms with Crippen molar-refractivity contribution in [2.24, 2.45) is 5.92 Å². The van der Waals surface area contributed by atoms with E-state index >= 15 is 0 Å².